The Bertz CT molecular complexity index is 475. The lowest BCUT2D eigenvalue weighted by molar-refractivity contribution is -0.142. The summed E-state index contributed by atoms with van der Waals surface area (Å²) in [5.41, 5.74) is 0. The largest absolute Gasteiger partial charge is 0.481 e. The summed E-state index contributed by atoms with van der Waals surface area (Å²) in [4.78, 5) is 26.2. The quantitative estimate of drug-likeness (QED) is 0.702. The first-order valence-corrected chi connectivity index (χ1v) is 8.09. The molecule has 2 fully saturated rings. The number of urea groups is 1. The Morgan fingerprint density at radius 1 is 1.11 bits per heavy atom. The monoisotopic (exact) mass is 290 g/mol. The number of hydrogen-bond acceptors (Lipinski definition) is 4. The second kappa shape index (κ2) is 4.99. The molecule has 2 aliphatic heterocycles. The lowest BCUT2D eigenvalue weighted by Gasteiger charge is -2.30. The Hall–Kier alpha value is -1.31. The predicted octanol–water partition coefficient (Wildman–Crippen LogP) is -0.511. The molecular weight excluding hydrogens is 272 g/mol. The zero-order chi connectivity index (χ0) is 14.2. The number of carbonyl (C=O) groups is 2. The van der Waals surface area contributed by atoms with Crippen molar-refractivity contribution in [3.63, 3.8) is 0 Å². The smallest absolute Gasteiger partial charge is 0.320 e. The van der Waals surface area contributed by atoms with Crippen molar-refractivity contribution >= 4 is 21.8 Å². The van der Waals surface area contributed by atoms with Crippen LogP contribution in [0.2, 0.25) is 0 Å². The minimum atomic E-state index is -3.01. The third-order valence-electron chi connectivity index (χ3n) is 3.81. The molecule has 2 heterocycles. The van der Waals surface area contributed by atoms with Gasteiger partial charge in [-0.2, -0.15) is 0 Å². The van der Waals surface area contributed by atoms with E-state index in [1.807, 2.05) is 6.92 Å². The van der Waals surface area contributed by atoms with Crippen LogP contribution >= 0.6 is 0 Å². The van der Waals surface area contributed by atoms with Crippen LogP contribution in [0.25, 0.3) is 0 Å². The van der Waals surface area contributed by atoms with Gasteiger partial charge in [-0.1, -0.05) is 6.92 Å². The van der Waals surface area contributed by atoms with Crippen molar-refractivity contribution in [1.82, 2.24) is 9.80 Å². The SMILES string of the molecule is CC1CN(C(=O)N2CCS(=O)(=O)CC2)CC1C(=O)O. The number of hydrogen-bond donors (Lipinski definition) is 1. The van der Waals surface area contributed by atoms with E-state index < -0.39 is 21.7 Å². The fourth-order valence-electron chi connectivity index (χ4n) is 2.55. The molecule has 0 bridgehead atoms. The van der Waals surface area contributed by atoms with Crippen LogP contribution in [-0.2, 0) is 14.6 Å². The van der Waals surface area contributed by atoms with Gasteiger partial charge in [0.05, 0.1) is 17.4 Å². The van der Waals surface area contributed by atoms with Crippen molar-refractivity contribution in [2.24, 2.45) is 11.8 Å². The number of amides is 2. The molecule has 0 radical (unpaired) electrons. The standard InChI is InChI=1S/C11H18N2O5S/c1-8-6-13(7-9(8)10(14)15)11(16)12-2-4-19(17,18)5-3-12/h8-9H,2-7H2,1H3,(H,14,15). The lowest BCUT2D eigenvalue weighted by Crippen LogP contribution is -2.49. The van der Waals surface area contributed by atoms with Crippen LogP contribution in [0.4, 0.5) is 4.79 Å². The summed E-state index contributed by atoms with van der Waals surface area (Å²) in [7, 11) is -3.01. The maximum absolute atomic E-state index is 12.2. The van der Waals surface area contributed by atoms with E-state index in [2.05, 4.69) is 0 Å². The highest BCUT2D eigenvalue weighted by molar-refractivity contribution is 7.91. The first kappa shape index (κ1) is 14.1. The molecule has 19 heavy (non-hydrogen) atoms. The Kier molecular flexibility index (Phi) is 3.71. The fourth-order valence-corrected chi connectivity index (χ4v) is 3.75. The highest BCUT2D eigenvalue weighted by Crippen LogP contribution is 2.24. The Labute approximate surface area is 112 Å². The second-order valence-electron chi connectivity index (χ2n) is 5.25. The molecule has 8 heteroatoms. The van der Waals surface area contributed by atoms with Crippen LogP contribution in [0.15, 0.2) is 0 Å². The van der Waals surface area contributed by atoms with Crippen LogP contribution in [0.5, 0.6) is 0 Å². The van der Waals surface area contributed by atoms with E-state index in [-0.39, 0.29) is 43.1 Å². The number of sulfone groups is 1. The molecule has 2 unspecified atom stereocenters. The maximum atomic E-state index is 12.2. The predicted molar refractivity (Wildman–Crippen MR) is 67.5 cm³/mol. The molecule has 0 aromatic heterocycles. The Morgan fingerprint density at radius 2 is 1.68 bits per heavy atom. The average molecular weight is 290 g/mol. The summed E-state index contributed by atoms with van der Waals surface area (Å²) in [5.74, 6) is -1.51. The van der Waals surface area contributed by atoms with Gasteiger partial charge >= 0.3 is 12.0 Å². The molecule has 2 rings (SSSR count). The summed E-state index contributed by atoms with van der Waals surface area (Å²) in [6.45, 7) is 2.83. The molecule has 108 valence electrons. The first-order chi connectivity index (χ1) is 8.80. The van der Waals surface area contributed by atoms with Gasteiger partial charge < -0.3 is 14.9 Å². The molecule has 0 aliphatic carbocycles. The van der Waals surface area contributed by atoms with Crippen molar-refractivity contribution in [3.05, 3.63) is 0 Å². The molecule has 1 N–H and O–H groups in total. The fraction of sp³-hybridized carbons (Fsp3) is 0.818. The van der Waals surface area contributed by atoms with E-state index in [0.717, 1.165) is 0 Å². The topological polar surface area (TPSA) is 95.0 Å². The number of carboxylic acids is 1. The third kappa shape index (κ3) is 2.99. The first-order valence-electron chi connectivity index (χ1n) is 6.27. The van der Waals surface area contributed by atoms with Crippen LogP contribution in [0, 0.1) is 11.8 Å². The number of aliphatic carboxylic acids is 1. The summed E-state index contributed by atoms with van der Waals surface area (Å²) in [5, 5.41) is 9.03. The zero-order valence-corrected chi connectivity index (χ0v) is 11.6. The van der Waals surface area contributed by atoms with E-state index in [1.165, 1.54) is 9.80 Å². The van der Waals surface area contributed by atoms with Crippen LogP contribution in [-0.4, -0.2) is 73.0 Å². The lowest BCUT2D eigenvalue weighted by atomic mass is 9.99. The summed E-state index contributed by atoms with van der Waals surface area (Å²) >= 11 is 0. The zero-order valence-electron chi connectivity index (χ0n) is 10.8. The molecule has 2 saturated heterocycles. The molecule has 0 spiro atoms. The van der Waals surface area contributed by atoms with Crippen LogP contribution < -0.4 is 0 Å². The molecule has 2 amide bonds. The van der Waals surface area contributed by atoms with Crippen molar-refractivity contribution in [2.75, 3.05) is 37.7 Å². The molecule has 0 saturated carbocycles. The number of carbonyl (C=O) groups excluding carboxylic acids is 1. The van der Waals surface area contributed by atoms with Crippen molar-refractivity contribution < 1.29 is 23.1 Å². The number of nitrogens with zero attached hydrogens (tertiary/aromatic N) is 2. The molecular formula is C11H18N2O5S. The van der Waals surface area contributed by atoms with Crippen LogP contribution in [0.3, 0.4) is 0 Å². The highest BCUT2D eigenvalue weighted by Gasteiger charge is 2.39. The van der Waals surface area contributed by atoms with Crippen molar-refractivity contribution in [1.29, 1.82) is 0 Å². The van der Waals surface area contributed by atoms with Crippen molar-refractivity contribution in [3.8, 4) is 0 Å². The van der Waals surface area contributed by atoms with E-state index in [0.29, 0.717) is 6.54 Å². The summed E-state index contributed by atoms with van der Waals surface area (Å²) in [6, 6.07) is -0.245. The van der Waals surface area contributed by atoms with Gasteiger partial charge in [-0.25, -0.2) is 13.2 Å². The number of likely N-dealkylation sites (tertiary alicyclic amines) is 1. The van der Waals surface area contributed by atoms with Gasteiger partial charge in [0.1, 0.15) is 0 Å². The van der Waals surface area contributed by atoms with Crippen LogP contribution in [0.1, 0.15) is 6.92 Å². The molecule has 2 atom stereocenters. The summed E-state index contributed by atoms with van der Waals surface area (Å²) in [6.07, 6.45) is 0. The average Bonchev–Trinajstić information content (AvgIpc) is 2.70. The van der Waals surface area contributed by atoms with Gasteiger partial charge in [0, 0.05) is 26.2 Å². The highest BCUT2D eigenvalue weighted by atomic mass is 32.2. The van der Waals surface area contributed by atoms with Gasteiger partial charge in [-0.05, 0) is 5.92 Å². The molecule has 0 aromatic carbocycles. The molecule has 0 aromatic rings. The van der Waals surface area contributed by atoms with Gasteiger partial charge in [0.2, 0.25) is 0 Å². The minimum Gasteiger partial charge on any atom is -0.481 e. The normalized spacial score (nSPS) is 30.4. The van der Waals surface area contributed by atoms with Gasteiger partial charge in [-0.3, -0.25) is 4.79 Å². The van der Waals surface area contributed by atoms with Gasteiger partial charge in [0.15, 0.2) is 9.84 Å². The molecule has 2 aliphatic rings. The Balaban J connectivity index is 1.97. The van der Waals surface area contributed by atoms with E-state index >= 15 is 0 Å². The Morgan fingerprint density at radius 3 is 2.16 bits per heavy atom. The number of rotatable bonds is 1. The van der Waals surface area contributed by atoms with Crippen molar-refractivity contribution in [2.45, 2.75) is 6.92 Å². The third-order valence-corrected chi connectivity index (χ3v) is 5.42. The minimum absolute atomic E-state index is 0.00943. The van der Waals surface area contributed by atoms with Gasteiger partial charge in [0.25, 0.3) is 0 Å². The summed E-state index contributed by atoms with van der Waals surface area (Å²) < 4.78 is 22.6. The maximum Gasteiger partial charge on any atom is 0.320 e. The second-order valence-corrected chi connectivity index (χ2v) is 7.55. The van der Waals surface area contributed by atoms with Gasteiger partial charge in [-0.15, -0.1) is 0 Å². The number of carboxylic acid groups (broad SMARTS) is 1. The van der Waals surface area contributed by atoms with E-state index in [4.69, 9.17) is 5.11 Å². The molecule has 7 nitrogen and oxygen atoms in total. The van der Waals surface area contributed by atoms with E-state index in [9.17, 15) is 18.0 Å². The van der Waals surface area contributed by atoms with E-state index in [1.54, 1.807) is 0 Å².